The Kier molecular flexibility index (Phi) is 4.25. The van der Waals surface area contributed by atoms with Crippen molar-refractivity contribution < 1.29 is 14.3 Å². The minimum atomic E-state index is -1.40. The summed E-state index contributed by atoms with van der Waals surface area (Å²) in [6.45, 7) is 1.86. The molecule has 1 aromatic rings. The van der Waals surface area contributed by atoms with Crippen LogP contribution in [-0.2, 0) is 0 Å². The third-order valence-corrected chi connectivity index (χ3v) is 3.53. The Labute approximate surface area is 100 Å². The lowest BCUT2D eigenvalue weighted by atomic mass is 10.2. The molecule has 1 aromatic carbocycles. The SMILES string of the molecule is CCSc1c(Cl)cc(F)c(C(=O)O)c1Cl. The lowest BCUT2D eigenvalue weighted by Crippen LogP contribution is -2.03. The zero-order chi connectivity index (χ0) is 11.6. The van der Waals surface area contributed by atoms with Gasteiger partial charge in [-0.1, -0.05) is 30.1 Å². The van der Waals surface area contributed by atoms with Gasteiger partial charge < -0.3 is 5.11 Å². The summed E-state index contributed by atoms with van der Waals surface area (Å²) in [5, 5.41) is 8.75. The molecule has 82 valence electrons. The summed E-state index contributed by atoms with van der Waals surface area (Å²) < 4.78 is 13.2. The number of carbonyl (C=O) groups is 1. The van der Waals surface area contributed by atoms with Crippen LogP contribution in [0.2, 0.25) is 10.0 Å². The highest BCUT2D eigenvalue weighted by atomic mass is 35.5. The van der Waals surface area contributed by atoms with Crippen molar-refractivity contribution in [3.63, 3.8) is 0 Å². The maximum atomic E-state index is 13.2. The van der Waals surface area contributed by atoms with Crippen molar-refractivity contribution in [2.24, 2.45) is 0 Å². The van der Waals surface area contributed by atoms with Gasteiger partial charge in [-0.15, -0.1) is 11.8 Å². The smallest absolute Gasteiger partial charge is 0.340 e. The Bertz CT molecular complexity index is 410. The maximum Gasteiger partial charge on any atom is 0.340 e. The molecule has 0 saturated carbocycles. The number of rotatable bonds is 3. The number of halogens is 3. The van der Waals surface area contributed by atoms with Gasteiger partial charge in [0.05, 0.1) is 10.0 Å². The van der Waals surface area contributed by atoms with Gasteiger partial charge in [0.2, 0.25) is 0 Å². The van der Waals surface area contributed by atoms with E-state index >= 15 is 0 Å². The lowest BCUT2D eigenvalue weighted by molar-refractivity contribution is 0.0692. The average Bonchev–Trinajstić information content (AvgIpc) is 2.11. The van der Waals surface area contributed by atoms with Gasteiger partial charge in [-0.2, -0.15) is 0 Å². The maximum absolute atomic E-state index is 13.2. The second-order valence-corrected chi connectivity index (χ2v) is 4.66. The van der Waals surface area contributed by atoms with E-state index < -0.39 is 17.3 Å². The first-order valence-corrected chi connectivity index (χ1v) is 5.76. The van der Waals surface area contributed by atoms with E-state index in [4.69, 9.17) is 28.3 Å². The van der Waals surface area contributed by atoms with Gasteiger partial charge in [0.25, 0.3) is 0 Å². The van der Waals surface area contributed by atoms with E-state index in [9.17, 15) is 9.18 Å². The van der Waals surface area contributed by atoms with Crippen molar-refractivity contribution in [1.82, 2.24) is 0 Å². The first-order chi connectivity index (χ1) is 6.99. The Morgan fingerprint density at radius 3 is 2.67 bits per heavy atom. The Hall–Kier alpha value is -0.450. The van der Waals surface area contributed by atoms with Gasteiger partial charge in [0, 0.05) is 4.90 Å². The number of carboxylic acid groups (broad SMARTS) is 1. The van der Waals surface area contributed by atoms with Crippen molar-refractivity contribution in [2.45, 2.75) is 11.8 Å². The molecule has 1 rings (SSSR count). The number of benzene rings is 1. The van der Waals surface area contributed by atoms with Gasteiger partial charge in [-0.05, 0) is 11.8 Å². The monoisotopic (exact) mass is 268 g/mol. The molecular formula is C9H7Cl2FO2S. The van der Waals surface area contributed by atoms with Crippen molar-refractivity contribution in [3.8, 4) is 0 Å². The van der Waals surface area contributed by atoms with Crippen molar-refractivity contribution >= 4 is 40.9 Å². The minimum Gasteiger partial charge on any atom is -0.478 e. The molecule has 0 amide bonds. The van der Waals surface area contributed by atoms with E-state index in [1.54, 1.807) is 0 Å². The molecule has 0 aliphatic rings. The molecule has 0 aliphatic carbocycles. The van der Waals surface area contributed by atoms with Gasteiger partial charge in [0.1, 0.15) is 11.4 Å². The summed E-state index contributed by atoms with van der Waals surface area (Å²) in [5.41, 5.74) is -0.531. The van der Waals surface area contributed by atoms with E-state index in [2.05, 4.69) is 0 Å². The van der Waals surface area contributed by atoms with Gasteiger partial charge in [0.15, 0.2) is 0 Å². The van der Waals surface area contributed by atoms with Crippen molar-refractivity contribution in [2.75, 3.05) is 5.75 Å². The molecule has 0 spiro atoms. The molecule has 0 saturated heterocycles. The molecule has 0 aliphatic heterocycles. The Morgan fingerprint density at radius 2 is 2.20 bits per heavy atom. The average molecular weight is 269 g/mol. The fourth-order valence-corrected chi connectivity index (χ4v) is 2.60. The fraction of sp³-hybridized carbons (Fsp3) is 0.222. The molecule has 0 aromatic heterocycles. The van der Waals surface area contributed by atoms with E-state index in [0.29, 0.717) is 10.6 Å². The van der Waals surface area contributed by atoms with Crippen LogP contribution in [-0.4, -0.2) is 16.8 Å². The van der Waals surface area contributed by atoms with Gasteiger partial charge in [-0.25, -0.2) is 9.18 Å². The highest BCUT2D eigenvalue weighted by Crippen LogP contribution is 2.37. The van der Waals surface area contributed by atoms with Crippen LogP contribution in [0.3, 0.4) is 0 Å². The Morgan fingerprint density at radius 1 is 1.60 bits per heavy atom. The zero-order valence-corrected chi connectivity index (χ0v) is 10.0. The number of aromatic carboxylic acids is 1. The largest absolute Gasteiger partial charge is 0.478 e. The third-order valence-electron chi connectivity index (χ3n) is 1.63. The van der Waals surface area contributed by atoms with Crippen LogP contribution < -0.4 is 0 Å². The van der Waals surface area contributed by atoms with Crippen LogP contribution in [0.5, 0.6) is 0 Å². The topological polar surface area (TPSA) is 37.3 Å². The van der Waals surface area contributed by atoms with E-state index in [-0.39, 0.29) is 10.0 Å². The molecular weight excluding hydrogens is 262 g/mol. The van der Waals surface area contributed by atoms with Crippen LogP contribution in [0.4, 0.5) is 4.39 Å². The van der Waals surface area contributed by atoms with Crippen LogP contribution >= 0.6 is 35.0 Å². The molecule has 6 heteroatoms. The third kappa shape index (κ3) is 2.56. The summed E-state index contributed by atoms with van der Waals surface area (Å²) >= 11 is 12.8. The van der Waals surface area contributed by atoms with Crippen molar-refractivity contribution in [3.05, 3.63) is 27.5 Å². The van der Waals surface area contributed by atoms with Crippen LogP contribution in [0.15, 0.2) is 11.0 Å². The summed E-state index contributed by atoms with van der Waals surface area (Å²) in [6.07, 6.45) is 0. The number of carboxylic acids is 1. The molecule has 0 radical (unpaired) electrons. The summed E-state index contributed by atoms with van der Waals surface area (Å²) in [5.74, 6) is -1.64. The normalized spacial score (nSPS) is 10.4. The second-order valence-electron chi connectivity index (χ2n) is 2.60. The first kappa shape index (κ1) is 12.6. The van der Waals surface area contributed by atoms with Crippen LogP contribution in [0.25, 0.3) is 0 Å². The molecule has 0 atom stereocenters. The van der Waals surface area contributed by atoms with Gasteiger partial charge >= 0.3 is 5.97 Å². The van der Waals surface area contributed by atoms with E-state index in [1.807, 2.05) is 6.92 Å². The molecule has 0 bridgehead atoms. The van der Waals surface area contributed by atoms with Crippen LogP contribution in [0.1, 0.15) is 17.3 Å². The minimum absolute atomic E-state index is 0.134. The molecule has 0 unspecified atom stereocenters. The highest BCUT2D eigenvalue weighted by molar-refractivity contribution is 7.99. The molecule has 0 heterocycles. The van der Waals surface area contributed by atoms with Gasteiger partial charge in [-0.3, -0.25) is 0 Å². The first-order valence-electron chi connectivity index (χ1n) is 4.02. The number of thioether (sulfide) groups is 1. The predicted molar refractivity (Wildman–Crippen MR) is 59.8 cm³/mol. The number of hydrogen-bond donors (Lipinski definition) is 1. The summed E-state index contributed by atoms with van der Waals surface area (Å²) in [7, 11) is 0. The molecule has 1 N–H and O–H groups in total. The number of hydrogen-bond acceptors (Lipinski definition) is 2. The van der Waals surface area contributed by atoms with E-state index in [1.165, 1.54) is 11.8 Å². The zero-order valence-electron chi connectivity index (χ0n) is 7.68. The lowest BCUT2D eigenvalue weighted by Gasteiger charge is -2.08. The summed E-state index contributed by atoms with van der Waals surface area (Å²) in [4.78, 5) is 11.1. The van der Waals surface area contributed by atoms with E-state index in [0.717, 1.165) is 6.07 Å². The van der Waals surface area contributed by atoms with Crippen molar-refractivity contribution in [1.29, 1.82) is 0 Å². The summed E-state index contributed by atoms with van der Waals surface area (Å²) in [6, 6.07) is 0.967. The highest BCUT2D eigenvalue weighted by Gasteiger charge is 2.21. The second kappa shape index (κ2) is 5.05. The Balaban J connectivity index is 3.42. The predicted octanol–water partition coefficient (Wildman–Crippen LogP) is 3.94. The standard InChI is InChI=1S/C9H7Cl2FO2S/c1-2-15-8-4(10)3-5(12)6(7(8)11)9(13)14/h3H,2H2,1H3,(H,13,14). The molecule has 0 fully saturated rings. The quantitative estimate of drug-likeness (QED) is 0.844. The fourth-order valence-electron chi connectivity index (χ4n) is 1.04. The molecule has 2 nitrogen and oxygen atoms in total. The van der Waals surface area contributed by atoms with Crippen LogP contribution in [0, 0.1) is 5.82 Å². The molecule has 15 heavy (non-hydrogen) atoms.